The second-order valence-corrected chi connectivity index (χ2v) is 9.19. The summed E-state index contributed by atoms with van der Waals surface area (Å²) in [5, 5.41) is 3.10. The summed E-state index contributed by atoms with van der Waals surface area (Å²) in [6.07, 6.45) is 1.74. The fraction of sp³-hybridized carbons (Fsp3) is 0.556. The summed E-state index contributed by atoms with van der Waals surface area (Å²) in [5.74, 6) is -0.642. The summed E-state index contributed by atoms with van der Waals surface area (Å²) in [7, 11) is -3.84. The smallest absolute Gasteiger partial charge is 0.324 e. The Morgan fingerprint density at radius 1 is 1.30 bits per heavy atom. The van der Waals surface area contributed by atoms with Crippen LogP contribution in [0.15, 0.2) is 29.2 Å². The first-order chi connectivity index (χ1) is 12.7. The van der Waals surface area contributed by atoms with Crippen molar-refractivity contribution in [2.24, 2.45) is 5.92 Å². The first-order valence-electron chi connectivity index (χ1n) is 8.92. The minimum atomic E-state index is -3.84. The van der Waals surface area contributed by atoms with Crippen molar-refractivity contribution in [3.63, 3.8) is 0 Å². The topological polar surface area (TPSA) is 92.8 Å². The van der Waals surface area contributed by atoms with Gasteiger partial charge in [0.2, 0.25) is 10.0 Å². The van der Waals surface area contributed by atoms with Crippen molar-refractivity contribution < 1.29 is 22.7 Å². The number of nitrogens with one attached hydrogen (secondary N) is 1. The average molecular weight is 417 g/mol. The number of ether oxygens (including phenoxy) is 1. The Labute approximate surface area is 165 Å². The van der Waals surface area contributed by atoms with E-state index in [0.717, 1.165) is 10.7 Å². The molecular weight excluding hydrogens is 392 g/mol. The maximum Gasteiger partial charge on any atom is 0.324 e. The lowest BCUT2D eigenvalue weighted by molar-refractivity contribution is -0.151. The molecule has 9 heteroatoms. The zero-order chi connectivity index (χ0) is 20.0. The molecule has 0 radical (unpaired) electrons. The first kappa shape index (κ1) is 21.7. The molecule has 1 fully saturated rings. The molecule has 1 aromatic rings. The van der Waals surface area contributed by atoms with Gasteiger partial charge in [-0.3, -0.25) is 9.59 Å². The highest BCUT2D eigenvalue weighted by atomic mass is 35.5. The Kier molecular flexibility index (Phi) is 7.64. The molecule has 1 heterocycles. The summed E-state index contributed by atoms with van der Waals surface area (Å²) in [4.78, 5) is 24.2. The fourth-order valence-corrected chi connectivity index (χ4v) is 4.56. The van der Waals surface area contributed by atoms with E-state index in [1.165, 1.54) is 24.3 Å². The summed E-state index contributed by atoms with van der Waals surface area (Å²) in [6.45, 7) is 4.41. The highest BCUT2D eigenvalue weighted by Gasteiger charge is 2.40. The minimum Gasteiger partial charge on any atom is -0.454 e. The highest BCUT2D eigenvalue weighted by molar-refractivity contribution is 7.89. The molecule has 1 amide bonds. The molecule has 1 aromatic carbocycles. The third-order valence-electron chi connectivity index (χ3n) is 4.29. The Balaban J connectivity index is 1.95. The lowest BCUT2D eigenvalue weighted by Gasteiger charge is -2.22. The van der Waals surface area contributed by atoms with Gasteiger partial charge in [0, 0.05) is 18.1 Å². The van der Waals surface area contributed by atoms with Crippen LogP contribution in [0.1, 0.15) is 33.1 Å². The van der Waals surface area contributed by atoms with E-state index in [9.17, 15) is 18.0 Å². The molecule has 0 unspecified atom stereocenters. The third kappa shape index (κ3) is 5.92. The summed E-state index contributed by atoms with van der Waals surface area (Å²) in [6, 6.07) is 4.86. The van der Waals surface area contributed by atoms with E-state index in [1.54, 1.807) is 0 Å². The average Bonchev–Trinajstić information content (AvgIpc) is 3.10. The SMILES string of the molecule is CC(C)CCNC(=O)COC(=O)[C@@H]1CCCN1S(=O)(=O)c1ccc(Cl)cc1. The molecule has 150 valence electrons. The van der Waals surface area contributed by atoms with Crippen molar-refractivity contribution >= 4 is 33.5 Å². The zero-order valence-electron chi connectivity index (χ0n) is 15.5. The number of esters is 1. The van der Waals surface area contributed by atoms with Crippen LogP contribution >= 0.6 is 11.6 Å². The Morgan fingerprint density at radius 3 is 2.59 bits per heavy atom. The Morgan fingerprint density at radius 2 is 1.96 bits per heavy atom. The van der Waals surface area contributed by atoms with Gasteiger partial charge in [0.25, 0.3) is 5.91 Å². The molecular formula is C18H25ClN2O5S. The predicted molar refractivity (Wildman–Crippen MR) is 102 cm³/mol. The largest absolute Gasteiger partial charge is 0.454 e. The van der Waals surface area contributed by atoms with Gasteiger partial charge in [0.15, 0.2) is 6.61 Å². The number of hydrogen-bond donors (Lipinski definition) is 1. The maximum atomic E-state index is 12.8. The quantitative estimate of drug-likeness (QED) is 0.656. The van der Waals surface area contributed by atoms with Crippen LogP contribution in [-0.4, -0.2) is 50.3 Å². The van der Waals surface area contributed by atoms with Gasteiger partial charge in [-0.1, -0.05) is 25.4 Å². The van der Waals surface area contributed by atoms with Gasteiger partial charge in [-0.25, -0.2) is 8.42 Å². The third-order valence-corrected chi connectivity index (χ3v) is 6.46. The molecule has 0 aliphatic carbocycles. The number of benzene rings is 1. The van der Waals surface area contributed by atoms with Crippen molar-refractivity contribution in [1.29, 1.82) is 0 Å². The van der Waals surface area contributed by atoms with Crippen molar-refractivity contribution in [1.82, 2.24) is 9.62 Å². The van der Waals surface area contributed by atoms with Crippen LogP contribution in [0.5, 0.6) is 0 Å². The molecule has 1 aliphatic heterocycles. The lowest BCUT2D eigenvalue weighted by atomic mass is 10.1. The lowest BCUT2D eigenvalue weighted by Crippen LogP contribution is -2.42. The Bertz CT molecular complexity index is 764. The zero-order valence-corrected chi connectivity index (χ0v) is 17.1. The molecule has 1 atom stereocenters. The van der Waals surface area contributed by atoms with E-state index in [0.29, 0.717) is 30.3 Å². The van der Waals surface area contributed by atoms with E-state index in [-0.39, 0.29) is 11.4 Å². The molecule has 0 bridgehead atoms. The van der Waals surface area contributed by atoms with Crippen LogP contribution in [0.2, 0.25) is 5.02 Å². The van der Waals surface area contributed by atoms with Crippen LogP contribution in [-0.2, 0) is 24.3 Å². The van der Waals surface area contributed by atoms with Crippen LogP contribution < -0.4 is 5.32 Å². The first-order valence-corrected chi connectivity index (χ1v) is 10.7. The molecule has 1 N–H and O–H groups in total. The van der Waals surface area contributed by atoms with Gasteiger partial charge in [-0.2, -0.15) is 4.31 Å². The van der Waals surface area contributed by atoms with Crippen molar-refractivity contribution in [2.75, 3.05) is 19.7 Å². The maximum absolute atomic E-state index is 12.8. The van der Waals surface area contributed by atoms with Crippen molar-refractivity contribution in [3.05, 3.63) is 29.3 Å². The van der Waals surface area contributed by atoms with Crippen LogP contribution in [0.4, 0.5) is 0 Å². The van der Waals surface area contributed by atoms with Crippen molar-refractivity contribution in [3.8, 4) is 0 Å². The molecule has 0 spiro atoms. The number of sulfonamides is 1. The number of carbonyl (C=O) groups is 2. The van der Waals surface area contributed by atoms with E-state index >= 15 is 0 Å². The van der Waals surface area contributed by atoms with E-state index < -0.39 is 34.5 Å². The summed E-state index contributed by atoms with van der Waals surface area (Å²) >= 11 is 5.80. The fourth-order valence-electron chi connectivity index (χ4n) is 2.79. The number of carbonyl (C=O) groups excluding carboxylic acids is 2. The highest BCUT2D eigenvalue weighted by Crippen LogP contribution is 2.27. The molecule has 27 heavy (non-hydrogen) atoms. The second kappa shape index (κ2) is 9.52. The van der Waals surface area contributed by atoms with E-state index in [2.05, 4.69) is 5.32 Å². The number of halogens is 1. The van der Waals surface area contributed by atoms with Gasteiger partial charge < -0.3 is 10.1 Å². The van der Waals surface area contributed by atoms with Gasteiger partial charge >= 0.3 is 5.97 Å². The minimum absolute atomic E-state index is 0.0676. The number of rotatable bonds is 8. The van der Waals surface area contributed by atoms with Gasteiger partial charge in [-0.15, -0.1) is 0 Å². The van der Waals surface area contributed by atoms with Crippen LogP contribution in [0.25, 0.3) is 0 Å². The van der Waals surface area contributed by atoms with Gasteiger partial charge in [0.1, 0.15) is 6.04 Å². The van der Waals surface area contributed by atoms with E-state index in [1.807, 2.05) is 13.8 Å². The molecule has 7 nitrogen and oxygen atoms in total. The standard InChI is InChI=1S/C18H25ClN2O5S/c1-13(2)9-10-20-17(22)12-26-18(23)16-4-3-11-21(16)27(24,25)15-7-5-14(19)6-8-15/h5-8,13,16H,3-4,9-12H2,1-2H3,(H,20,22)/t16-/m0/s1. The summed E-state index contributed by atoms with van der Waals surface area (Å²) in [5.41, 5.74) is 0. The van der Waals surface area contributed by atoms with Crippen LogP contribution in [0.3, 0.4) is 0 Å². The number of nitrogens with zero attached hydrogens (tertiary/aromatic N) is 1. The predicted octanol–water partition coefficient (Wildman–Crippen LogP) is 2.20. The number of amides is 1. The number of hydrogen-bond acceptors (Lipinski definition) is 5. The second-order valence-electron chi connectivity index (χ2n) is 6.87. The molecule has 0 saturated carbocycles. The van der Waals surface area contributed by atoms with Gasteiger partial charge in [0.05, 0.1) is 4.90 Å². The normalized spacial score (nSPS) is 17.9. The molecule has 1 aliphatic rings. The monoisotopic (exact) mass is 416 g/mol. The Hall–Kier alpha value is -1.64. The van der Waals surface area contributed by atoms with Gasteiger partial charge in [-0.05, 0) is 49.4 Å². The molecule has 0 aromatic heterocycles. The van der Waals surface area contributed by atoms with Crippen molar-refractivity contribution in [2.45, 2.75) is 44.0 Å². The molecule has 2 rings (SSSR count). The molecule has 1 saturated heterocycles. The summed E-state index contributed by atoms with van der Waals surface area (Å²) < 4.78 is 31.8. The van der Waals surface area contributed by atoms with Crippen LogP contribution in [0, 0.1) is 5.92 Å². The van der Waals surface area contributed by atoms with E-state index in [4.69, 9.17) is 16.3 Å².